The van der Waals surface area contributed by atoms with Gasteiger partial charge in [-0.1, -0.05) is 23.8 Å². The number of nitrogens with one attached hydrogen (secondary N) is 2. The Kier molecular flexibility index (Phi) is 8.05. The second-order valence-electron chi connectivity index (χ2n) is 7.72. The molecule has 0 bridgehead atoms. The lowest BCUT2D eigenvalue weighted by atomic mass is 10.1. The first-order valence-electron chi connectivity index (χ1n) is 9.89. The average molecular weight is 483 g/mol. The van der Waals surface area contributed by atoms with Gasteiger partial charge in [-0.2, -0.15) is 0 Å². The largest absolute Gasteiger partial charge is 0.289 e. The van der Waals surface area contributed by atoms with E-state index in [1.165, 1.54) is 30.3 Å². The van der Waals surface area contributed by atoms with Crippen LogP contribution in [0.5, 0.6) is 0 Å². The van der Waals surface area contributed by atoms with Crippen LogP contribution in [-0.2, 0) is 24.8 Å². The highest BCUT2D eigenvalue weighted by molar-refractivity contribution is 7.92. The van der Waals surface area contributed by atoms with Crippen LogP contribution in [0.25, 0.3) is 0 Å². The van der Waals surface area contributed by atoms with Crippen LogP contribution in [0.3, 0.4) is 0 Å². The molecule has 2 rings (SSSR count). The summed E-state index contributed by atoms with van der Waals surface area (Å²) in [4.78, 5) is 11.8. The quantitative estimate of drug-likeness (QED) is 0.526. The number of anilines is 1. The van der Waals surface area contributed by atoms with Gasteiger partial charge in [0.05, 0.1) is 15.5 Å². The number of carbonyl (C=O) groups is 1. The van der Waals surface area contributed by atoms with Crippen molar-refractivity contribution in [2.24, 2.45) is 0 Å². The second kappa shape index (κ2) is 9.99. The summed E-state index contributed by atoms with van der Waals surface area (Å²) >= 11 is 0. The molecule has 11 heteroatoms. The second-order valence-corrected chi connectivity index (χ2v) is 11.4. The van der Waals surface area contributed by atoms with Gasteiger partial charge in [0.15, 0.2) is 0 Å². The maximum Gasteiger partial charge on any atom is 0.264 e. The van der Waals surface area contributed by atoms with Crippen LogP contribution in [0.15, 0.2) is 46.2 Å². The Hall–Kier alpha value is -2.47. The number of hydrazine groups is 1. The highest BCUT2D eigenvalue weighted by Crippen LogP contribution is 2.32. The van der Waals surface area contributed by atoms with Gasteiger partial charge in [-0.15, -0.1) is 0 Å². The van der Waals surface area contributed by atoms with E-state index < -0.39 is 20.0 Å². The van der Waals surface area contributed by atoms with E-state index in [0.717, 1.165) is 9.87 Å². The summed E-state index contributed by atoms with van der Waals surface area (Å²) in [7, 11) is -3.15. The highest BCUT2D eigenvalue weighted by atomic mass is 32.2. The third-order valence-electron chi connectivity index (χ3n) is 4.86. The van der Waals surface area contributed by atoms with Crippen molar-refractivity contribution in [1.82, 2.24) is 15.2 Å². The smallest absolute Gasteiger partial charge is 0.264 e. The van der Waals surface area contributed by atoms with Crippen LogP contribution in [0.1, 0.15) is 23.1 Å². The van der Waals surface area contributed by atoms with Crippen LogP contribution in [-0.4, -0.2) is 55.4 Å². The number of amides is 1. The molecule has 0 aromatic heterocycles. The Morgan fingerprint density at radius 3 is 2.06 bits per heavy atom. The third-order valence-corrected chi connectivity index (χ3v) is 8.24. The number of hydrogen-bond donors (Lipinski definition) is 2. The number of hydrogen-bond acceptors (Lipinski definition) is 6. The molecule has 0 aliphatic heterocycles. The molecule has 0 atom stereocenters. The fourth-order valence-corrected chi connectivity index (χ4v) is 5.85. The van der Waals surface area contributed by atoms with E-state index in [1.54, 1.807) is 46.1 Å². The van der Waals surface area contributed by atoms with Crippen molar-refractivity contribution in [1.29, 1.82) is 0 Å². The number of rotatable bonds is 9. The molecule has 0 aliphatic carbocycles. The van der Waals surface area contributed by atoms with Gasteiger partial charge in [-0.3, -0.25) is 14.5 Å². The number of aryl methyl sites for hydroxylation is 2. The lowest BCUT2D eigenvalue weighted by molar-refractivity contribution is -0.124. The summed E-state index contributed by atoms with van der Waals surface area (Å²) in [5.41, 5.74) is 4.67. The molecule has 0 spiro atoms. The lowest BCUT2D eigenvalue weighted by Gasteiger charge is -2.25. The number of nitrogens with zero attached hydrogens (tertiary/aromatic N) is 2. The molecule has 2 aromatic rings. The normalized spacial score (nSPS) is 12.1. The van der Waals surface area contributed by atoms with Gasteiger partial charge in [-0.25, -0.2) is 26.6 Å². The SMILES string of the molecule is Cc1ccc(S(=O)(=O)N(C)c2c(C)ccc(S(=O)(=O)NCCC(=O)NN(C)C)c2C)cc1. The van der Waals surface area contributed by atoms with Crippen molar-refractivity contribution in [2.45, 2.75) is 37.0 Å². The third kappa shape index (κ3) is 5.85. The van der Waals surface area contributed by atoms with E-state index in [9.17, 15) is 21.6 Å². The molecule has 9 nitrogen and oxygen atoms in total. The molecule has 0 heterocycles. The summed E-state index contributed by atoms with van der Waals surface area (Å²) in [5.74, 6) is -0.331. The van der Waals surface area contributed by atoms with Crippen molar-refractivity contribution in [3.63, 3.8) is 0 Å². The molecule has 0 aliphatic rings. The van der Waals surface area contributed by atoms with E-state index in [2.05, 4.69) is 10.1 Å². The van der Waals surface area contributed by atoms with Crippen LogP contribution in [0.4, 0.5) is 5.69 Å². The molecule has 2 N–H and O–H groups in total. The maximum atomic E-state index is 13.2. The Labute approximate surface area is 190 Å². The Bertz CT molecular complexity index is 1190. The Balaban J connectivity index is 2.35. The van der Waals surface area contributed by atoms with E-state index in [-0.39, 0.29) is 28.7 Å². The van der Waals surface area contributed by atoms with E-state index in [4.69, 9.17) is 0 Å². The van der Waals surface area contributed by atoms with Gasteiger partial charge in [0, 0.05) is 34.1 Å². The minimum absolute atomic E-state index is 0.0444. The molecule has 2 aromatic carbocycles. The fourth-order valence-electron chi connectivity index (χ4n) is 3.26. The number of carbonyl (C=O) groups excluding carboxylic acids is 1. The zero-order valence-electron chi connectivity index (χ0n) is 19.1. The van der Waals surface area contributed by atoms with Crippen LogP contribution < -0.4 is 14.5 Å². The Morgan fingerprint density at radius 2 is 1.50 bits per heavy atom. The van der Waals surface area contributed by atoms with Gasteiger partial charge in [0.2, 0.25) is 15.9 Å². The van der Waals surface area contributed by atoms with Crippen molar-refractivity contribution in [3.05, 3.63) is 53.1 Å². The fraction of sp³-hybridized carbons (Fsp3) is 0.381. The topological polar surface area (TPSA) is 116 Å². The molecule has 1 amide bonds. The maximum absolute atomic E-state index is 13.2. The molecule has 0 saturated heterocycles. The first-order valence-corrected chi connectivity index (χ1v) is 12.8. The van der Waals surface area contributed by atoms with Crippen molar-refractivity contribution in [2.75, 3.05) is 32.0 Å². The number of benzene rings is 2. The van der Waals surface area contributed by atoms with Crippen LogP contribution in [0.2, 0.25) is 0 Å². The zero-order chi connectivity index (χ0) is 24.3. The van der Waals surface area contributed by atoms with Crippen LogP contribution >= 0.6 is 0 Å². The Morgan fingerprint density at radius 1 is 0.906 bits per heavy atom. The van der Waals surface area contributed by atoms with Gasteiger partial charge in [-0.05, 0) is 50.1 Å². The zero-order valence-corrected chi connectivity index (χ0v) is 20.8. The van der Waals surface area contributed by atoms with E-state index in [1.807, 2.05) is 6.92 Å². The minimum Gasteiger partial charge on any atom is -0.289 e. The highest BCUT2D eigenvalue weighted by Gasteiger charge is 2.27. The molecule has 176 valence electrons. The molecule has 0 unspecified atom stereocenters. The molecule has 0 radical (unpaired) electrons. The molecule has 0 fully saturated rings. The predicted octanol–water partition coefficient (Wildman–Crippen LogP) is 1.70. The molecule has 32 heavy (non-hydrogen) atoms. The number of sulfonamides is 2. The van der Waals surface area contributed by atoms with Gasteiger partial charge < -0.3 is 0 Å². The minimum atomic E-state index is -3.97. The van der Waals surface area contributed by atoms with Crippen LogP contribution in [0, 0.1) is 20.8 Å². The summed E-state index contributed by atoms with van der Waals surface area (Å²) < 4.78 is 55.6. The summed E-state index contributed by atoms with van der Waals surface area (Å²) in [6, 6.07) is 9.45. The van der Waals surface area contributed by atoms with Crippen molar-refractivity contribution in [3.8, 4) is 0 Å². The molecular weight excluding hydrogens is 452 g/mol. The standard InChI is InChI=1S/C21H30N4O5S2/c1-15-7-10-18(11-8-15)32(29,30)25(6)21-16(2)9-12-19(17(21)3)31(27,28)22-14-13-20(26)23-24(4)5/h7-12,22H,13-14H2,1-6H3,(H,23,26). The van der Waals surface area contributed by atoms with E-state index >= 15 is 0 Å². The van der Waals surface area contributed by atoms with Crippen molar-refractivity contribution >= 4 is 31.6 Å². The monoisotopic (exact) mass is 482 g/mol. The predicted molar refractivity (Wildman–Crippen MR) is 124 cm³/mol. The lowest BCUT2D eigenvalue weighted by Crippen LogP contribution is -2.38. The average Bonchev–Trinajstić information content (AvgIpc) is 2.67. The van der Waals surface area contributed by atoms with Gasteiger partial charge in [0.25, 0.3) is 10.0 Å². The molecule has 0 saturated carbocycles. The molecular formula is C21H30N4O5S2. The summed E-state index contributed by atoms with van der Waals surface area (Å²) in [5, 5.41) is 1.47. The van der Waals surface area contributed by atoms with E-state index in [0.29, 0.717) is 16.8 Å². The summed E-state index contributed by atoms with van der Waals surface area (Å²) in [6.45, 7) is 5.05. The summed E-state index contributed by atoms with van der Waals surface area (Å²) in [6.07, 6.45) is -0.0448. The first-order chi connectivity index (χ1) is 14.8. The first kappa shape index (κ1) is 25.8. The van der Waals surface area contributed by atoms with Gasteiger partial charge in [0.1, 0.15) is 0 Å². The van der Waals surface area contributed by atoms with Gasteiger partial charge >= 0.3 is 0 Å². The van der Waals surface area contributed by atoms with Crippen molar-refractivity contribution < 1.29 is 21.6 Å².